The van der Waals surface area contributed by atoms with E-state index in [1.807, 2.05) is 0 Å². The molecule has 4 aromatic carbocycles. The Morgan fingerprint density at radius 2 is 0.652 bits per heavy atom. The first-order valence-corrected chi connectivity index (χ1v) is 20.5. The Morgan fingerprint density at radius 3 is 0.935 bits per heavy atom. The third kappa shape index (κ3) is 7.40. The highest BCUT2D eigenvalue weighted by Crippen LogP contribution is 2.60. The summed E-state index contributed by atoms with van der Waals surface area (Å²) >= 11 is 0. The fraction of sp³-hybridized carbons (Fsp3) is 0.455. The van der Waals surface area contributed by atoms with Gasteiger partial charge in [-0.15, -0.1) is 0 Å². The second-order valence-electron chi connectivity index (χ2n) is 14.0. The number of unbranched alkanes of at least 4 members (excludes halogenated alkanes) is 4. The smallest absolute Gasteiger partial charge is 0.0155 e. The maximum Gasteiger partial charge on any atom is 0.0155 e. The van der Waals surface area contributed by atoms with Crippen LogP contribution in [-0.4, -0.2) is 5.40 Å². The van der Waals surface area contributed by atoms with Gasteiger partial charge in [-0.3, -0.25) is 0 Å². The minimum atomic E-state index is -0.655. The molecule has 0 N–H and O–H groups in total. The molecule has 0 unspecified atom stereocenters. The molecule has 0 bridgehead atoms. The van der Waals surface area contributed by atoms with Gasteiger partial charge in [0.05, 0.1) is 0 Å². The van der Waals surface area contributed by atoms with E-state index in [0.29, 0.717) is 5.40 Å². The third-order valence-electron chi connectivity index (χ3n) is 11.3. The van der Waals surface area contributed by atoms with Crippen LogP contribution in [0.5, 0.6) is 0 Å². The first-order valence-electron chi connectivity index (χ1n) is 17.7. The van der Waals surface area contributed by atoms with Crippen LogP contribution in [0.25, 0.3) is 0 Å². The van der Waals surface area contributed by atoms with Crippen LogP contribution < -0.4 is 21.2 Å². The van der Waals surface area contributed by atoms with Crippen LogP contribution in [0.3, 0.4) is 0 Å². The van der Waals surface area contributed by atoms with Crippen LogP contribution in [-0.2, 0) is 0 Å². The maximum atomic E-state index is 2.52. The van der Waals surface area contributed by atoms with Crippen LogP contribution in [0.15, 0.2) is 48.5 Å². The van der Waals surface area contributed by atoms with Gasteiger partial charge >= 0.3 is 0 Å². The van der Waals surface area contributed by atoms with Crippen molar-refractivity contribution in [2.45, 2.75) is 134 Å². The number of rotatable bonds is 12. The molecule has 0 spiro atoms. The van der Waals surface area contributed by atoms with Crippen LogP contribution >= 0.6 is 15.8 Å². The van der Waals surface area contributed by atoms with Crippen LogP contribution in [0.4, 0.5) is 0 Å². The van der Waals surface area contributed by atoms with E-state index >= 15 is 0 Å². The molecular weight excluding hydrogens is 590 g/mol. The molecule has 0 aromatic heterocycles. The van der Waals surface area contributed by atoms with Gasteiger partial charge in [-0.1, -0.05) is 87.6 Å². The maximum absolute atomic E-state index is 2.52. The standard InChI is InChI=1S/C44H60P2/c1-14-15-16-17-18-19-44(45(40-24-20-28(2)32(6)36(40)10)41-25-21-29(3)33(7)37(41)11)46(42-26-22-30(4)34(8)38(42)12)43-27-23-31(5)35(9)39(43)13/h20-27,44H,14-19H2,1-13H3. The van der Waals surface area contributed by atoms with Crippen molar-refractivity contribution in [3.8, 4) is 0 Å². The van der Waals surface area contributed by atoms with Crippen molar-refractivity contribution in [3.63, 3.8) is 0 Å². The van der Waals surface area contributed by atoms with E-state index in [0.717, 1.165) is 0 Å². The highest BCUT2D eigenvalue weighted by Gasteiger charge is 2.37. The van der Waals surface area contributed by atoms with E-state index in [4.69, 9.17) is 0 Å². The summed E-state index contributed by atoms with van der Waals surface area (Å²) in [5.74, 6) is 0. The van der Waals surface area contributed by atoms with E-state index in [-0.39, 0.29) is 0 Å². The molecule has 4 rings (SSSR count). The molecule has 0 nitrogen and oxygen atoms in total. The third-order valence-corrected chi connectivity index (χ3v) is 18.4. The monoisotopic (exact) mass is 650 g/mol. The van der Waals surface area contributed by atoms with Crippen molar-refractivity contribution in [3.05, 3.63) is 115 Å². The lowest BCUT2D eigenvalue weighted by atomic mass is 10.0. The highest BCUT2D eigenvalue weighted by atomic mass is 31.2. The van der Waals surface area contributed by atoms with Crippen molar-refractivity contribution < 1.29 is 0 Å². The Kier molecular flexibility index (Phi) is 12.5. The lowest BCUT2D eigenvalue weighted by Gasteiger charge is -2.39. The second kappa shape index (κ2) is 15.8. The van der Waals surface area contributed by atoms with Gasteiger partial charge < -0.3 is 0 Å². The van der Waals surface area contributed by atoms with E-state index in [1.54, 1.807) is 21.2 Å². The molecule has 0 aliphatic rings. The number of benzene rings is 4. The van der Waals surface area contributed by atoms with Gasteiger partial charge in [-0.25, -0.2) is 0 Å². The zero-order chi connectivity index (χ0) is 33.9. The van der Waals surface area contributed by atoms with Gasteiger partial charge in [0.2, 0.25) is 0 Å². The molecule has 246 valence electrons. The largest absolute Gasteiger partial charge is 0.0654 e. The normalized spacial score (nSPS) is 11.8. The predicted octanol–water partition coefficient (Wildman–Crippen LogP) is 11.6. The van der Waals surface area contributed by atoms with Crippen molar-refractivity contribution in [1.29, 1.82) is 0 Å². The number of aryl methyl sites for hydroxylation is 4. The molecule has 0 amide bonds. The lowest BCUT2D eigenvalue weighted by molar-refractivity contribution is 0.621. The van der Waals surface area contributed by atoms with Gasteiger partial charge in [-0.2, -0.15) is 0 Å². The minimum Gasteiger partial charge on any atom is -0.0654 e. The molecule has 4 aromatic rings. The quantitative estimate of drug-likeness (QED) is 0.106. The first kappa shape index (κ1) is 36.6. The fourth-order valence-corrected chi connectivity index (χ4v) is 15.2. The lowest BCUT2D eigenvalue weighted by Crippen LogP contribution is -2.32. The van der Waals surface area contributed by atoms with Crippen molar-refractivity contribution in [1.82, 2.24) is 0 Å². The second-order valence-corrected chi connectivity index (χ2v) is 19.1. The molecule has 0 saturated heterocycles. The number of hydrogen-bond donors (Lipinski definition) is 0. The van der Waals surface area contributed by atoms with E-state index in [9.17, 15) is 0 Å². The summed E-state index contributed by atoms with van der Waals surface area (Å²) in [6, 6.07) is 19.7. The SMILES string of the molecule is CCCCCCCC(P(c1ccc(C)c(C)c1C)c1ccc(C)c(C)c1C)P(c1ccc(C)c(C)c1C)c1ccc(C)c(C)c1C. The average molecular weight is 651 g/mol. The summed E-state index contributed by atoms with van der Waals surface area (Å²) in [5, 5.41) is 6.92. The van der Waals surface area contributed by atoms with Gasteiger partial charge in [0.1, 0.15) is 0 Å². The predicted molar refractivity (Wildman–Crippen MR) is 212 cm³/mol. The molecule has 0 radical (unpaired) electrons. The minimum absolute atomic E-state index is 0.537. The zero-order valence-corrected chi connectivity index (χ0v) is 33.1. The van der Waals surface area contributed by atoms with Gasteiger partial charge in [0, 0.05) is 5.40 Å². The Hall–Kier alpha value is -2.26. The van der Waals surface area contributed by atoms with E-state index in [2.05, 4.69) is 139 Å². The number of hydrogen-bond acceptors (Lipinski definition) is 0. The molecule has 0 fully saturated rings. The summed E-state index contributed by atoms with van der Waals surface area (Å²) in [6.45, 7) is 30.5. The Morgan fingerprint density at radius 1 is 0.370 bits per heavy atom. The molecule has 0 aliphatic heterocycles. The molecule has 0 atom stereocenters. The molecule has 0 heterocycles. The molecular formula is C44H60P2. The zero-order valence-electron chi connectivity index (χ0n) is 31.3. The Labute approximate surface area is 285 Å². The molecule has 0 saturated carbocycles. The van der Waals surface area contributed by atoms with Crippen molar-refractivity contribution in [2.75, 3.05) is 0 Å². The first-order chi connectivity index (χ1) is 21.8. The van der Waals surface area contributed by atoms with Gasteiger partial charge in [-0.05, 0) is 193 Å². The van der Waals surface area contributed by atoms with Crippen LogP contribution in [0.2, 0.25) is 0 Å². The molecule has 0 aliphatic carbocycles. The Balaban J connectivity index is 2.12. The summed E-state index contributed by atoms with van der Waals surface area (Å²) in [4.78, 5) is 0. The summed E-state index contributed by atoms with van der Waals surface area (Å²) in [5.41, 5.74) is 17.5. The topological polar surface area (TPSA) is 0 Å². The summed E-state index contributed by atoms with van der Waals surface area (Å²) in [6.07, 6.45) is 7.86. The summed E-state index contributed by atoms with van der Waals surface area (Å²) in [7, 11) is -1.31. The van der Waals surface area contributed by atoms with E-state index in [1.165, 1.54) is 105 Å². The van der Waals surface area contributed by atoms with Crippen molar-refractivity contribution >= 4 is 37.1 Å². The van der Waals surface area contributed by atoms with Crippen LogP contribution in [0.1, 0.15) is 112 Å². The van der Waals surface area contributed by atoms with Crippen molar-refractivity contribution in [2.24, 2.45) is 0 Å². The average Bonchev–Trinajstić information content (AvgIpc) is 3.03. The van der Waals surface area contributed by atoms with E-state index < -0.39 is 15.8 Å². The van der Waals surface area contributed by atoms with Crippen LogP contribution in [0, 0.1) is 83.1 Å². The Bertz CT molecular complexity index is 1460. The fourth-order valence-electron chi connectivity index (χ4n) is 7.02. The van der Waals surface area contributed by atoms with Gasteiger partial charge in [0.15, 0.2) is 0 Å². The molecule has 46 heavy (non-hydrogen) atoms. The highest BCUT2D eigenvalue weighted by molar-refractivity contribution is 7.89. The molecule has 2 heteroatoms. The summed E-state index contributed by atoms with van der Waals surface area (Å²) < 4.78 is 0. The van der Waals surface area contributed by atoms with Gasteiger partial charge in [0.25, 0.3) is 0 Å².